The lowest BCUT2D eigenvalue weighted by atomic mass is 10.0. The van der Waals surface area contributed by atoms with Crippen LogP contribution in [0.5, 0.6) is 0 Å². The lowest BCUT2D eigenvalue weighted by Crippen LogP contribution is -2.38. The van der Waals surface area contributed by atoms with Crippen molar-refractivity contribution in [2.24, 2.45) is 0 Å². The van der Waals surface area contributed by atoms with Crippen molar-refractivity contribution in [3.63, 3.8) is 0 Å². The van der Waals surface area contributed by atoms with E-state index >= 15 is 0 Å². The summed E-state index contributed by atoms with van der Waals surface area (Å²) in [7, 11) is 1.88. The van der Waals surface area contributed by atoms with Crippen LogP contribution in [-0.2, 0) is 12.7 Å². The molecule has 1 aromatic carbocycles. The summed E-state index contributed by atoms with van der Waals surface area (Å²) in [4.78, 5) is 1.97. The number of aliphatic hydroxyl groups is 1. The maximum absolute atomic E-state index is 12.5. The topological polar surface area (TPSA) is 23.5 Å². The lowest BCUT2D eigenvalue weighted by Gasteiger charge is -2.28. The average molecular weight is 287 g/mol. The molecule has 0 spiro atoms. The van der Waals surface area contributed by atoms with Gasteiger partial charge in [-0.2, -0.15) is 13.2 Å². The van der Waals surface area contributed by atoms with Crippen molar-refractivity contribution in [3.05, 3.63) is 35.4 Å². The highest BCUT2D eigenvalue weighted by molar-refractivity contribution is 5.24. The van der Waals surface area contributed by atoms with Crippen molar-refractivity contribution < 1.29 is 18.3 Å². The minimum atomic E-state index is -4.29. The monoisotopic (exact) mass is 287 g/mol. The summed E-state index contributed by atoms with van der Waals surface area (Å²) in [5.74, 6) is 0. The molecule has 5 heteroatoms. The van der Waals surface area contributed by atoms with Gasteiger partial charge in [0.05, 0.1) is 11.2 Å². The number of nitrogens with zero attached hydrogens (tertiary/aromatic N) is 1. The molecule has 2 nitrogen and oxygen atoms in total. The van der Waals surface area contributed by atoms with Crippen LogP contribution in [0.25, 0.3) is 0 Å². The number of halogens is 3. The Balaban J connectivity index is 1.92. The van der Waals surface area contributed by atoms with Crippen LogP contribution in [0.1, 0.15) is 36.8 Å². The van der Waals surface area contributed by atoms with E-state index in [0.717, 1.165) is 43.4 Å². The van der Waals surface area contributed by atoms with Gasteiger partial charge in [0.15, 0.2) is 0 Å². The predicted octanol–water partition coefficient (Wildman–Crippen LogP) is 3.44. The van der Waals surface area contributed by atoms with Gasteiger partial charge in [-0.15, -0.1) is 0 Å². The van der Waals surface area contributed by atoms with E-state index in [9.17, 15) is 18.3 Å². The number of hydrogen-bond acceptors (Lipinski definition) is 2. The van der Waals surface area contributed by atoms with Crippen molar-refractivity contribution in [1.29, 1.82) is 0 Å². The second kappa shape index (κ2) is 5.74. The minimum absolute atomic E-state index is 0.542. The molecule has 0 aromatic heterocycles. The SMILES string of the molecule is CN(Cc1ccc(C(F)(F)F)cc1)CC1(O)CCCC1. The number of rotatable bonds is 4. The zero-order chi connectivity index (χ0) is 14.8. The summed E-state index contributed by atoms with van der Waals surface area (Å²) in [5.41, 5.74) is -0.430. The van der Waals surface area contributed by atoms with Gasteiger partial charge in [-0.05, 0) is 37.6 Å². The van der Waals surface area contributed by atoms with E-state index in [4.69, 9.17) is 0 Å². The van der Waals surface area contributed by atoms with Gasteiger partial charge in [-0.3, -0.25) is 4.90 Å². The van der Waals surface area contributed by atoms with E-state index in [1.165, 1.54) is 12.1 Å². The molecule has 0 unspecified atom stereocenters. The molecule has 0 atom stereocenters. The Bertz CT molecular complexity index is 435. The summed E-state index contributed by atoms with van der Waals surface area (Å²) >= 11 is 0. The first-order valence-electron chi connectivity index (χ1n) is 6.86. The summed E-state index contributed by atoms with van der Waals surface area (Å²) in [6, 6.07) is 5.21. The first kappa shape index (κ1) is 15.3. The molecule has 20 heavy (non-hydrogen) atoms. The van der Waals surface area contributed by atoms with Gasteiger partial charge in [0.1, 0.15) is 0 Å². The van der Waals surface area contributed by atoms with Crippen LogP contribution in [0.4, 0.5) is 13.2 Å². The Kier molecular flexibility index (Phi) is 4.39. The molecule has 1 fully saturated rings. The summed E-state index contributed by atoms with van der Waals surface area (Å²) < 4.78 is 37.4. The molecule has 0 bridgehead atoms. The fourth-order valence-corrected chi connectivity index (χ4v) is 2.86. The molecule has 1 saturated carbocycles. The molecule has 1 aliphatic carbocycles. The highest BCUT2D eigenvalue weighted by Gasteiger charge is 2.32. The Hall–Kier alpha value is -1.07. The second-order valence-corrected chi connectivity index (χ2v) is 5.80. The van der Waals surface area contributed by atoms with Crippen LogP contribution < -0.4 is 0 Å². The van der Waals surface area contributed by atoms with Crippen LogP contribution in [0, 0.1) is 0 Å². The molecule has 0 amide bonds. The zero-order valence-corrected chi connectivity index (χ0v) is 11.6. The van der Waals surface area contributed by atoms with Gasteiger partial charge in [0.2, 0.25) is 0 Å². The van der Waals surface area contributed by atoms with Gasteiger partial charge in [-0.1, -0.05) is 25.0 Å². The van der Waals surface area contributed by atoms with E-state index in [1.807, 2.05) is 11.9 Å². The highest BCUT2D eigenvalue weighted by atomic mass is 19.4. The molecule has 1 aliphatic rings. The molecule has 112 valence electrons. The van der Waals surface area contributed by atoms with Gasteiger partial charge < -0.3 is 5.11 Å². The highest BCUT2D eigenvalue weighted by Crippen LogP contribution is 2.31. The minimum Gasteiger partial charge on any atom is -0.389 e. The fourth-order valence-electron chi connectivity index (χ4n) is 2.86. The standard InChI is InChI=1S/C15H20F3NO/c1-19(11-14(20)8-2-3-9-14)10-12-4-6-13(7-5-12)15(16,17)18/h4-7,20H,2-3,8-11H2,1H3. The summed E-state index contributed by atoms with van der Waals surface area (Å²) in [6.45, 7) is 1.11. The number of benzene rings is 1. The molecular weight excluding hydrogens is 267 g/mol. The molecule has 1 N–H and O–H groups in total. The van der Waals surface area contributed by atoms with E-state index < -0.39 is 17.3 Å². The van der Waals surface area contributed by atoms with E-state index in [0.29, 0.717) is 13.1 Å². The molecule has 0 saturated heterocycles. The van der Waals surface area contributed by atoms with Gasteiger partial charge in [0.25, 0.3) is 0 Å². The molecule has 0 radical (unpaired) electrons. The van der Waals surface area contributed by atoms with Crippen LogP contribution in [0.15, 0.2) is 24.3 Å². The zero-order valence-electron chi connectivity index (χ0n) is 11.6. The third-order valence-corrected chi connectivity index (χ3v) is 3.83. The Morgan fingerprint density at radius 3 is 2.20 bits per heavy atom. The molecular formula is C15H20F3NO. The van der Waals surface area contributed by atoms with Gasteiger partial charge in [0, 0.05) is 13.1 Å². The van der Waals surface area contributed by atoms with Crippen LogP contribution >= 0.6 is 0 Å². The van der Waals surface area contributed by atoms with Crippen LogP contribution in [0.2, 0.25) is 0 Å². The van der Waals surface area contributed by atoms with E-state index in [-0.39, 0.29) is 0 Å². The number of likely N-dealkylation sites (N-methyl/N-ethyl adjacent to an activating group) is 1. The quantitative estimate of drug-likeness (QED) is 0.917. The predicted molar refractivity (Wildman–Crippen MR) is 71.2 cm³/mol. The van der Waals surface area contributed by atoms with Crippen molar-refractivity contribution >= 4 is 0 Å². The number of hydrogen-bond donors (Lipinski definition) is 1. The molecule has 1 aromatic rings. The van der Waals surface area contributed by atoms with E-state index in [2.05, 4.69) is 0 Å². The second-order valence-electron chi connectivity index (χ2n) is 5.80. The third-order valence-electron chi connectivity index (χ3n) is 3.83. The Labute approximate surface area is 117 Å². The smallest absolute Gasteiger partial charge is 0.389 e. The van der Waals surface area contributed by atoms with Crippen molar-refractivity contribution in [2.45, 2.75) is 44.0 Å². The fraction of sp³-hybridized carbons (Fsp3) is 0.600. The van der Waals surface area contributed by atoms with Gasteiger partial charge >= 0.3 is 6.18 Å². The molecule has 0 aliphatic heterocycles. The van der Waals surface area contributed by atoms with E-state index in [1.54, 1.807) is 0 Å². The Morgan fingerprint density at radius 1 is 1.15 bits per heavy atom. The number of alkyl halides is 3. The summed E-state index contributed by atoms with van der Waals surface area (Å²) in [6.07, 6.45) is -0.576. The van der Waals surface area contributed by atoms with Crippen LogP contribution in [0.3, 0.4) is 0 Å². The maximum Gasteiger partial charge on any atom is 0.416 e. The largest absolute Gasteiger partial charge is 0.416 e. The first-order valence-corrected chi connectivity index (χ1v) is 6.86. The lowest BCUT2D eigenvalue weighted by molar-refractivity contribution is -0.137. The third kappa shape index (κ3) is 3.96. The molecule has 0 heterocycles. The average Bonchev–Trinajstić information content (AvgIpc) is 2.74. The first-order chi connectivity index (χ1) is 9.28. The van der Waals surface area contributed by atoms with Crippen molar-refractivity contribution in [3.8, 4) is 0 Å². The maximum atomic E-state index is 12.5. The Morgan fingerprint density at radius 2 is 1.70 bits per heavy atom. The van der Waals surface area contributed by atoms with Crippen molar-refractivity contribution in [1.82, 2.24) is 4.90 Å². The van der Waals surface area contributed by atoms with Crippen LogP contribution in [-0.4, -0.2) is 29.2 Å². The van der Waals surface area contributed by atoms with Gasteiger partial charge in [-0.25, -0.2) is 0 Å². The van der Waals surface area contributed by atoms with Crippen molar-refractivity contribution in [2.75, 3.05) is 13.6 Å². The normalized spacial score (nSPS) is 18.7. The molecule has 2 rings (SSSR count). The summed E-state index contributed by atoms with van der Waals surface area (Å²) in [5, 5.41) is 10.3.